The zero-order valence-electron chi connectivity index (χ0n) is 17.8. The number of carbonyl (C=O) groups excluding carboxylic acids is 2. The molecule has 0 radical (unpaired) electrons. The number of phenolic OH excluding ortho intramolecular Hbond substituents is 1. The second kappa shape index (κ2) is 11.8. The molecule has 0 spiro atoms. The molecule has 176 valence electrons. The number of aromatic hydroxyl groups is 1. The van der Waals surface area contributed by atoms with E-state index in [0.29, 0.717) is 5.75 Å². The van der Waals surface area contributed by atoms with Crippen molar-refractivity contribution in [2.24, 2.45) is 16.5 Å². The lowest BCUT2D eigenvalue weighted by molar-refractivity contribution is -0.139. The third-order valence-corrected chi connectivity index (χ3v) is 4.29. The van der Waals surface area contributed by atoms with E-state index in [-0.39, 0.29) is 41.7 Å². The number of benzene rings is 2. The minimum atomic E-state index is -1.40. The first kappa shape index (κ1) is 24.8. The molecule has 12 heteroatoms. The Hall–Kier alpha value is -4.48. The summed E-state index contributed by atoms with van der Waals surface area (Å²) in [6.07, 6.45) is 0. The number of nitrogens with zero attached hydrogens (tertiary/aromatic N) is 1. The summed E-state index contributed by atoms with van der Waals surface area (Å²) >= 11 is 0. The van der Waals surface area contributed by atoms with Gasteiger partial charge in [-0.1, -0.05) is 0 Å². The highest BCUT2D eigenvalue weighted by Gasteiger charge is 2.22. The summed E-state index contributed by atoms with van der Waals surface area (Å²) in [5, 5.41) is 24.2. The molecule has 0 aliphatic carbocycles. The molecule has 0 unspecified atom stereocenters. The highest BCUT2D eigenvalue weighted by molar-refractivity contribution is 5.98. The van der Waals surface area contributed by atoms with E-state index in [2.05, 4.69) is 15.6 Å². The van der Waals surface area contributed by atoms with Gasteiger partial charge in [-0.05, 0) is 36.4 Å². The van der Waals surface area contributed by atoms with E-state index in [1.165, 1.54) is 37.4 Å². The average Bonchev–Trinajstić information content (AvgIpc) is 2.79. The molecular weight excluding hydrogens is 434 g/mol. The van der Waals surface area contributed by atoms with E-state index in [0.717, 1.165) is 0 Å². The maximum atomic E-state index is 12.4. The first-order chi connectivity index (χ1) is 15.7. The minimum absolute atomic E-state index is 0.0756. The number of amides is 2. The van der Waals surface area contributed by atoms with Gasteiger partial charge in [0.05, 0.1) is 19.2 Å². The molecule has 2 rings (SSSR count). The van der Waals surface area contributed by atoms with Gasteiger partial charge in [-0.15, -0.1) is 0 Å². The van der Waals surface area contributed by atoms with Crippen molar-refractivity contribution in [3.8, 4) is 17.2 Å². The summed E-state index contributed by atoms with van der Waals surface area (Å²) in [6, 6.07) is 8.66. The fourth-order valence-corrected chi connectivity index (χ4v) is 2.61. The summed E-state index contributed by atoms with van der Waals surface area (Å²) in [4.78, 5) is 40.0. The van der Waals surface area contributed by atoms with Crippen LogP contribution in [0.5, 0.6) is 17.2 Å². The normalized spacial score (nSPS) is 11.1. The van der Waals surface area contributed by atoms with E-state index < -0.39 is 30.4 Å². The van der Waals surface area contributed by atoms with Crippen LogP contribution in [0.15, 0.2) is 47.5 Å². The van der Waals surface area contributed by atoms with Gasteiger partial charge in [0.15, 0.2) is 5.96 Å². The fraction of sp³-hybridized carbons (Fsp3) is 0.238. The van der Waals surface area contributed by atoms with Gasteiger partial charge in [0, 0.05) is 18.2 Å². The van der Waals surface area contributed by atoms with Crippen LogP contribution in [-0.2, 0) is 4.79 Å². The number of nitrogens with one attached hydrogen (secondary N) is 2. The third-order valence-electron chi connectivity index (χ3n) is 4.29. The van der Waals surface area contributed by atoms with Gasteiger partial charge < -0.3 is 41.8 Å². The Balaban J connectivity index is 1.95. The highest BCUT2D eigenvalue weighted by atomic mass is 16.5. The van der Waals surface area contributed by atoms with Crippen LogP contribution in [0.2, 0.25) is 0 Å². The Morgan fingerprint density at radius 1 is 1.06 bits per heavy atom. The van der Waals surface area contributed by atoms with Crippen molar-refractivity contribution < 1.29 is 34.1 Å². The number of aliphatic imine (C=N–C) groups is 1. The maximum absolute atomic E-state index is 12.4. The Kier molecular flexibility index (Phi) is 8.85. The monoisotopic (exact) mass is 459 g/mol. The number of hydrogen-bond acceptors (Lipinski definition) is 7. The van der Waals surface area contributed by atoms with Gasteiger partial charge in [0.1, 0.15) is 29.9 Å². The van der Waals surface area contributed by atoms with Crippen molar-refractivity contribution in [1.82, 2.24) is 10.6 Å². The van der Waals surface area contributed by atoms with E-state index >= 15 is 0 Å². The maximum Gasteiger partial charge on any atom is 0.328 e. The Morgan fingerprint density at radius 3 is 2.30 bits per heavy atom. The van der Waals surface area contributed by atoms with Crippen LogP contribution in [0.4, 0.5) is 0 Å². The number of hydrogen-bond donors (Lipinski definition) is 6. The minimum Gasteiger partial charge on any atom is -0.507 e. The third kappa shape index (κ3) is 7.61. The van der Waals surface area contributed by atoms with E-state index in [1.54, 1.807) is 12.1 Å². The number of nitrogens with two attached hydrogens (primary N) is 2. The van der Waals surface area contributed by atoms with Crippen LogP contribution in [-0.4, -0.2) is 66.8 Å². The number of carbonyl (C=O) groups is 3. The number of rotatable bonds is 11. The van der Waals surface area contributed by atoms with Gasteiger partial charge in [0.2, 0.25) is 0 Å². The Labute approximate surface area is 189 Å². The molecule has 0 aromatic heterocycles. The number of aliphatic carboxylic acids is 1. The number of methoxy groups -OCH3 is 1. The second-order valence-electron chi connectivity index (χ2n) is 6.64. The van der Waals surface area contributed by atoms with Crippen LogP contribution >= 0.6 is 0 Å². The molecule has 0 aliphatic rings. The van der Waals surface area contributed by atoms with Crippen molar-refractivity contribution in [3.63, 3.8) is 0 Å². The largest absolute Gasteiger partial charge is 0.507 e. The van der Waals surface area contributed by atoms with Crippen LogP contribution in [0.1, 0.15) is 20.7 Å². The first-order valence-corrected chi connectivity index (χ1v) is 9.68. The fourth-order valence-electron chi connectivity index (χ4n) is 2.61. The van der Waals surface area contributed by atoms with E-state index in [9.17, 15) is 24.6 Å². The number of guanidine groups is 1. The smallest absolute Gasteiger partial charge is 0.328 e. The summed E-state index contributed by atoms with van der Waals surface area (Å²) in [5.74, 6) is -2.34. The number of carboxylic acid groups (broad SMARTS) is 1. The number of ether oxygens (including phenoxy) is 2. The summed E-state index contributed by atoms with van der Waals surface area (Å²) in [5.41, 5.74) is 10.5. The highest BCUT2D eigenvalue weighted by Crippen LogP contribution is 2.23. The van der Waals surface area contributed by atoms with Gasteiger partial charge >= 0.3 is 5.97 Å². The second-order valence-corrected chi connectivity index (χ2v) is 6.64. The first-order valence-electron chi connectivity index (χ1n) is 9.68. The molecular formula is C21H25N5O7. The van der Waals surface area contributed by atoms with Crippen LogP contribution < -0.4 is 31.6 Å². The van der Waals surface area contributed by atoms with E-state index in [1.807, 2.05) is 0 Å². The van der Waals surface area contributed by atoms with Crippen molar-refractivity contribution in [1.29, 1.82) is 0 Å². The molecule has 0 fully saturated rings. The zero-order chi connectivity index (χ0) is 24.4. The Morgan fingerprint density at radius 2 is 1.73 bits per heavy atom. The number of carboxylic acids is 1. The van der Waals surface area contributed by atoms with Crippen LogP contribution in [0, 0.1) is 0 Å². The molecule has 0 aliphatic heterocycles. The van der Waals surface area contributed by atoms with E-state index in [4.69, 9.17) is 20.9 Å². The summed E-state index contributed by atoms with van der Waals surface area (Å²) in [7, 11) is 1.48. The standard InChI is InChI=1S/C21H25N5O7/c1-32-13-4-2-12(3-5-13)18(28)26-16(20(30)31)11-25-19(29)15-7-6-14(10-17(15)27)33-9-8-24-21(22)23/h2-7,10,16,27H,8-9,11H2,1H3,(H,25,29)(H,26,28)(H,30,31)(H4,22,23,24)/t16-/m0/s1. The molecule has 33 heavy (non-hydrogen) atoms. The van der Waals surface area contributed by atoms with Gasteiger partial charge in [-0.25, -0.2) is 4.79 Å². The molecule has 2 aromatic carbocycles. The molecule has 2 amide bonds. The lowest BCUT2D eigenvalue weighted by Gasteiger charge is -2.16. The lowest BCUT2D eigenvalue weighted by Crippen LogP contribution is -2.48. The van der Waals surface area contributed by atoms with Gasteiger partial charge in [-0.2, -0.15) is 0 Å². The molecule has 0 heterocycles. The topological polar surface area (TPSA) is 199 Å². The molecule has 12 nitrogen and oxygen atoms in total. The average molecular weight is 459 g/mol. The Bertz CT molecular complexity index is 1020. The lowest BCUT2D eigenvalue weighted by atomic mass is 10.1. The molecule has 0 bridgehead atoms. The van der Waals surface area contributed by atoms with Crippen molar-refractivity contribution in [2.45, 2.75) is 6.04 Å². The van der Waals surface area contributed by atoms with Crippen LogP contribution in [0.25, 0.3) is 0 Å². The molecule has 0 saturated carbocycles. The van der Waals surface area contributed by atoms with Crippen LogP contribution in [0.3, 0.4) is 0 Å². The van der Waals surface area contributed by atoms with Crippen molar-refractivity contribution in [3.05, 3.63) is 53.6 Å². The van der Waals surface area contributed by atoms with Gasteiger partial charge in [-0.3, -0.25) is 14.6 Å². The zero-order valence-corrected chi connectivity index (χ0v) is 17.8. The summed E-state index contributed by atoms with van der Waals surface area (Å²) in [6.45, 7) is -0.0481. The predicted octanol–water partition coefficient (Wildman–Crippen LogP) is -0.334. The van der Waals surface area contributed by atoms with Crippen molar-refractivity contribution in [2.75, 3.05) is 26.8 Å². The SMILES string of the molecule is COc1ccc(C(=O)N[C@@H](CNC(=O)c2ccc(OCCN=C(N)N)cc2O)C(=O)O)cc1. The van der Waals surface area contributed by atoms with Gasteiger partial charge in [0.25, 0.3) is 11.8 Å². The molecule has 8 N–H and O–H groups in total. The quantitative estimate of drug-likeness (QED) is 0.148. The summed E-state index contributed by atoms with van der Waals surface area (Å²) < 4.78 is 10.4. The number of phenols is 1. The van der Waals surface area contributed by atoms with Crippen molar-refractivity contribution >= 4 is 23.7 Å². The molecule has 0 saturated heterocycles. The molecule has 1 atom stereocenters. The molecule has 2 aromatic rings. The predicted molar refractivity (Wildman–Crippen MR) is 118 cm³/mol.